The monoisotopic (exact) mass is 236 g/mol. The molecule has 2 fully saturated rings. The number of hydrogen-bond donors (Lipinski definition) is 2. The van der Waals surface area contributed by atoms with Gasteiger partial charge in [0.15, 0.2) is 5.78 Å². The van der Waals surface area contributed by atoms with Crippen molar-refractivity contribution in [2.24, 2.45) is 23.2 Å². The van der Waals surface area contributed by atoms with E-state index in [4.69, 9.17) is 0 Å². The van der Waals surface area contributed by atoms with Gasteiger partial charge in [-0.2, -0.15) is 0 Å². The average molecular weight is 236 g/mol. The van der Waals surface area contributed by atoms with Crippen LogP contribution in [0.25, 0.3) is 0 Å². The fourth-order valence-corrected chi connectivity index (χ4v) is 4.62. The standard InChI is InChI=1S/C14H20O3/c1-8-10(15)3-4-14-6-9(13(2,17)7-14)5-11(16)12(8)14/h3-4,8-9,11-12,16-17H,5-7H2,1-2H3/t8-,9-,11+,12-,13+,14+/m1/s1. The van der Waals surface area contributed by atoms with Crippen molar-refractivity contribution < 1.29 is 15.0 Å². The second-order valence-corrected chi connectivity index (χ2v) is 6.52. The topological polar surface area (TPSA) is 57.5 Å². The van der Waals surface area contributed by atoms with Crippen LogP contribution in [0.2, 0.25) is 0 Å². The molecule has 0 unspecified atom stereocenters. The Morgan fingerprint density at radius 1 is 1.47 bits per heavy atom. The molecule has 0 aromatic carbocycles. The van der Waals surface area contributed by atoms with Gasteiger partial charge in [-0.3, -0.25) is 4.79 Å². The van der Waals surface area contributed by atoms with Gasteiger partial charge >= 0.3 is 0 Å². The van der Waals surface area contributed by atoms with E-state index in [1.807, 2.05) is 19.9 Å². The molecule has 3 aliphatic carbocycles. The van der Waals surface area contributed by atoms with E-state index in [-0.39, 0.29) is 29.0 Å². The van der Waals surface area contributed by atoms with E-state index in [0.29, 0.717) is 12.8 Å². The first kappa shape index (κ1) is 11.4. The Bertz CT molecular complexity index is 398. The largest absolute Gasteiger partial charge is 0.393 e. The molecule has 0 amide bonds. The molecule has 2 saturated carbocycles. The molecular formula is C14H20O3. The lowest BCUT2D eigenvalue weighted by atomic mass is 9.58. The molecule has 0 aromatic heterocycles. The van der Waals surface area contributed by atoms with Crippen LogP contribution >= 0.6 is 0 Å². The van der Waals surface area contributed by atoms with E-state index in [1.165, 1.54) is 0 Å². The first-order valence-electron chi connectivity index (χ1n) is 6.49. The smallest absolute Gasteiger partial charge is 0.158 e. The number of allylic oxidation sites excluding steroid dienone is 2. The van der Waals surface area contributed by atoms with Crippen LogP contribution < -0.4 is 0 Å². The molecule has 0 aromatic rings. The van der Waals surface area contributed by atoms with Crippen LogP contribution in [0.4, 0.5) is 0 Å². The van der Waals surface area contributed by atoms with E-state index in [1.54, 1.807) is 6.08 Å². The van der Waals surface area contributed by atoms with Crippen LogP contribution in [0.3, 0.4) is 0 Å². The average Bonchev–Trinajstić information content (AvgIpc) is 2.42. The van der Waals surface area contributed by atoms with Gasteiger partial charge in [0.1, 0.15) is 0 Å². The fraction of sp³-hybridized carbons (Fsp3) is 0.786. The van der Waals surface area contributed by atoms with Crippen LogP contribution in [-0.4, -0.2) is 27.7 Å². The molecule has 0 saturated heterocycles. The highest BCUT2D eigenvalue weighted by Crippen LogP contribution is 2.62. The zero-order valence-corrected chi connectivity index (χ0v) is 10.4. The van der Waals surface area contributed by atoms with Crippen LogP contribution in [0.1, 0.15) is 33.1 Å². The number of carbonyl (C=O) groups excluding carboxylic acids is 1. The van der Waals surface area contributed by atoms with Crippen molar-refractivity contribution in [3.63, 3.8) is 0 Å². The molecule has 3 rings (SSSR count). The zero-order chi connectivity index (χ0) is 12.4. The van der Waals surface area contributed by atoms with Crippen LogP contribution in [-0.2, 0) is 4.79 Å². The predicted octanol–water partition coefficient (Wildman–Crippen LogP) is 1.29. The minimum Gasteiger partial charge on any atom is -0.393 e. The fourth-order valence-electron chi connectivity index (χ4n) is 4.62. The summed E-state index contributed by atoms with van der Waals surface area (Å²) in [6.45, 7) is 3.78. The van der Waals surface area contributed by atoms with Gasteiger partial charge in [-0.25, -0.2) is 0 Å². The Labute approximate surface area is 102 Å². The van der Waals surface area contributed by atoms with E-state index >= 15 is 0 Å². The van der Waals surface area contributed by atoms with E-state index in [9.17, 15) is 15.0 Å². The summed E-state index contributed by atoms with van der Waals surface area (Å²) in [4.78, 5) is 11.8. The highest BCUT2D eigenvalue weighted by Gasteiger charge is 2.61. The second kappa shape index (κ2) is 3.21. The number of ketones is 1. The van der Waals surface area contributed by atoms with Gasteiger partial charge in [0.2, 0.25) is 0 Å². The highest BCUT2D eigenvalue weighted by molar-refractivity contribution is 5.93. The molecule has 3 heteroatoms. The van der Waals surface area contributed by atoms with Crippen LogP contribution in [0, 0.1) is 23.2 Å². The number of fused-ring (bicyclic) bond motifs is 1. The third kappa shape index (κ3) is 1.39. The Hall–Kier alpha value is -0.670. The Morgan fingerprint density at radius 2 is 2.18 bits per heavy atom. The minimum atomic E-state index is -0.694. The summed E-state index contributed by atoms with van der Waals surface area (Å²) in [6, 6.07) is 0. The third-order valence-electron chi connectivity index (χ3n) is 5.36. The maximum absolute atomic E-state index is 11.8. The Balaban J connectivity index is 2.08. The molecule has 17 heavy (non-hydrogen) atoms. The first-order chi connectivity index (χ1) is 7.86. The number of aliphatic hydroxyl groups excluding tert-OH is 1. The molecular weight excluding hydrogens is 216 g/mol. The van der Waals surface area contributed by atoms with E-state index < -0.39 is 11.7 Å². The zero-order valence-electron chi connectivity index (χ0n) is 10.4. The summed E-state index contributed by atoms with van der Waals surface area (Å²) in [5.74, 6) is 0.151. The molecule has 0 radical (unpaired) electrons. The number of aliphatic hydroxyl groups is 2. The molecule has 6 atom stereocenters. The van der Waals surface area contributed by atoms with Gasteiger partial charge < -0.3 is 10.2 Å². The van der Waals surface area contributed by atoms with Crippen molar-refractivity contribution in [2.45, 2.75) is 44.8 Å². The van der Waals surface area contributed by atoms with Gasteiger partial charge in [0.05, 0.1) is 11.7 Å². The van der Waals surface area contributed by atoms with Crippen molar-refractivity contribution in [3.8, 4) is 0 Å². The number of hydrogen-bond acceptors (Lipinski definition) is 3. The molecule has 2 bridgehead atoms. The lowest BCUT2D eigenvalue weighted by Gasteiger charge is -2.46. The summed E-state index contributed by atoms with van der Waals surface area (Å²) in [5, 5.41) is 20.7. The summed E-state index contributed by atoms with van der Waals surface area (Å²) >= 11 is 0. The van der Waals surface area contributed by atoms with Gasteiger partial charge in [-0.15, -0.1) is 0 Å². The molecule has 94 valence electrons. The van der Waals surface area contributed by atoms with Gasteiger partial charge in [-0.05, 0) is 43.6 Å². The summed E-state index contributed by atoms with van der Waals surface area (Å²) in [5.41, 5.74) is -0.848. The molecule has 3 nitrogen and oxygen atoms in total. The van der Waals surface area contributed by atoms with Crippen LogP contribution in [0.5, 0.6) is 0 Å². The maximum Gasteiger partial charge on any atom is 0.158 e. The van der Waals surface area contributed by atoms with Crippen molar-refractivity contribution in [1.82, 2.24) is 0 Å². The van der Waals surface area contributed by atoms with Crippen LogP contribution in [0.15, 0.2) is 12.2 Å². The highest BCUT2D eigenvalue weighted by atomic mass is 16.3. The molecule has 1 spiro atoms. The van der Waals surface area contributed by atoms with E-state index in [2.05, 4.69) is 0 Å². The van der Waals surface area contributed by atoms with Crippen molar-refractivity contribution in [1.29, 1.82) is 0 Å². The van der Waals surface area contributed by atoms with Crippen molar-refractivity contribution >= 4 is 5.78 Å². The maximum atomic E-state index is 11.8. The summed E-state index contributed by atoms with van der Waals surface area (Å²) in [7, 11) is 0. The SMILES string of the molecule is C[C@@H]1C(=O)C=C[C@@]23C[C@@H](C[C@H](O)[C@@H]12)[C@@](C)(O)C3. The molecule has 0 heterocycles. The summed E-state index contributed by atoms with van der Waals surface area (Å²) in [6.07, 6.45) is 5.40. The van der Waals surface area contributed by atoms with Crippen molar-refractivity contribution in [3.05, 3.63) is 12.2 Å². The Kier molecular flexibility index (Phi) is 2.15. The molecule has 0 aliphatic heterocycles. The van der Waals surface area contributed by atoms with Crippen molar-refractivity contribution in [2.75, 3.05) is 0 Å². The molecule has 3 aliphatic rings. The first-order valence-corrected chi connectivity index (χ1v) is 6.49. The Morgan fingerprint density at radius 3 is 2.88 bits per heavy atom. The predicted molar refractivity (Wildman–Crippen MR) is 63.2 cm³/mol. The van der Waals surface area contributed by atoms with E-state index in [0.717, 1.165) is 6.42 Å². The molecule has 2 N–H and O–H groups in total. The normalized spacial score (nSPS) is 57.1. The van der Waals surface area contributed by atoms with Gasteiger partial charge in [0.25, 0.3) is 0 Å². The van der Waals surface area contributed by atoms with Gasteiger partial charge in [-0.1, -0.05) is 13.0 Å². The summed E-state index contributed by atoms with van der Waals surface area (Å²) < 4.78 is 0. The number of carbonyl (C=O) groups is 1. The quantitative estimate of drug-likeness (QED) is 0.666. The lowest BCUT2D eigenvalue weighted by Crippen LogP contribution is -2.47. The third-order valence-corrected chi connectivity index (χ3v) is 5.36. The number of rotatable bonds is 0. The second-order valence-electron chi connectivity index (χ2n) is 6.52. The minimum absolute atomic E-state index is 0.00905. The van der Waals surface area contributed by atoms with Gasteiger partial charge in [0, 0.05) is 11.8 Å². The lowest BCUT2D eigenvalue weighted by molar-refractivity contribution is -0.127.